The van der Waals surface area contributed by atoms with Crippen molar-refractivity contribution in [3.63, 3.8) is 0 Å². The lowest BCUT2D eigenvalue weighted by Gasteiger charge is -2.18. The van der Waals surface area contributed by atoms with Crippen molar-refractivity contribution in [2.24, 2.45) is 4.99 Å². The first-order chi connectivity index (χ1) is 10.6. The first-order valence-corrected chi connectivity index (χ1v) is 7.62. The van der Waals surface area contributed by atoms with Crippen molar-refractivity contribution >= 4 is 11.7 Å². The molecule has 4 nitrogen and oxygen atoms in total. The number of H-pyrrole nitrogens is 1. The fourth-order valence-corrected chi connectivity index (χ4v) is 3.09. The van der Waals surface area contributed by atoms with Crippen molar-refractivity contribution in [1.82, 2.24) is 4.98 Å². The van der Waals surface area contributed by atoms with Gasteiger partial charge in [0.25, 0.3) is 0 Å². The Kier molecular flexibility index (Phi) is 3.84. The van der Waals surface area contributed by atoms with Gasteiger partial charge in [-0.3, -0.25) is 4.99 Å². The van der Waals surface area contributed by atoms with Crippen LogP contribution < -0.4 is 0 Å². The van der Waals surface area contributed by atoms with Gasteiger partial charge in [0.1, 0.15) is 0 Å². The zero-order valence-electron chi connectivity index (χ0n) is 13.2. The number of hydrogen-bond donors (Lipinski definition) is 1. The molecule has 1 aliphatic heterocycles. The van der Waals surface area contributed by atoms with E-state index in [0.717, 1.165) is 41.2 Å². The van der Waals surface area contributed by atoms with Crippen molar-refractivity contribution < 1.29 is 9.53 Å². The van der Waals surface area contributed by atoms with Crippen LogP contribution in [0.4, 0.5) is 0 Å². The van der Waals surface area contributed by atoms with Crippen molar-refractivity contribution in [2.45, 2.75) is 27.2 Å². The normalized spacial score (nSPS) is 13.5. The molecule has 1 N–H and O–H groups in total. The molecule has 2 heterocycles. The number of aromatic nitrogens is 1. The molecule has 114 valence electrons. The van der Waals surface area contributed by atoms with Crippen LogP contribution in [0.15, 0.2) is 29.3 Å². The smallest absolute Gasteiger partial charge is 0.340 e. The number of aryl methyl sites for hydroxylation is 2. The Balaban J connectivity index is 2.17. The highest BCUT2D eigenvalue weighted by Crippen LogP contribution is 2.27. The molecule has 0 radical (unpaired) electrons. The van der Waals surface area contributed by atoms with Crippen LogP contribution in [0.25, 0.3) is 0 Å². The van der Waals surface area contributed by atoms with E-state index in [4.69, 9.17) is 9.73 Å². The number of hydrogen-bond acceptors (Lipinski definition) is 3. The van der Waals surface area contributed by atoms with Crippen LogP contribution in [0.3, 0.4) is 0 Å². The summed E-state index contributed by atoms with van der Waals surface area (Å²) in [6, 6.07) is 8.26. The lowest BCUT2D eigenvalue weighted by atomic mass is 9.91. The van der Waals surface area contributed by atoms with Crippen molar-refractivity contribution in [3.8, 4) is 0 Å². The Labute approximate surface area is 130 Å². The predicted molar refractivity (Wildman–Crippen MR) is 86.9 cm³/mol. The lowest BCUT2D eigenvalue weighted by Crippen LogP contribution is -2.18. The number of fused-ring (bicyclic) bond motifs is 1. The van der Waals surface area contributed by atoms with Gasteiger partial charge in [0, 0.05) is 29.1 Å². The van der Waals surface area contributed by atoms with E-state index in [0.29, 0.717) is 12.2 Å². The number of ether oxygens (including phenoxy) is 1. The lowest BCUT2D eigenvalue weighted by molar-refractivity contribution is 0.0525. The second-order valence-corrected chi connectivity index (χ2v) is 5.48. The quantitative estimate of drug-likeness (QED) is 0.884. The molecule has 4 heteroatoms. The average molecular weight is 296 g/mol. The minimum absolute atomic E-state index is 0.287. The summed E-state index contributed by atoms with van der Waals surface area (Å²) < 4.78 is 5.23. The molecule has 0 aliphatic carbocycles. The van der Waals surface area contributed by atoms with Gasteiger partial charge in [0.05, 0.1) is 17.9 Å². The summed E-state index contributed by atoms with van der Waals surface area (Å²) in [4.78, 5) is 20.3. The predicted octanol–water partition coefficient (Wildman–Crippen LogP) is 3.20. The molecular formula is C18H20N2O2. The molecule has 0 spiro atoms. The Morgan fingerprint density at radius 3 is 2.82 bits per heavy atom. The highest BCUT2D eigenvalue weighted by molar-refractivity contribution is 6.19. The third-order valence-corrected chi connectivity index (χ3v) is 4.01. The van der Waals surface area contributed by atoms with E-state index in [1.165, 1.54) is 5.56 Å². The molecule has 3 rings (SSSR count). The highest BCUT2D eigenvalue weighted by atomic mass is 16.5. The highest BCUT2D eigenvalue weighted by Gasteiger charge is 2.26. The van der Waals surface area contributed by atoms with Crippen LogP contribution in [-0.4, -0.2) is 29.8 Å². The van der Waals surface area contributed by atoms with Gasteiger partial charge in [0.2, 0.25) is 0 Å². The van der Waals surface area contributed by atoms with Crippen molar-refractivity contribution in [1.29, 1.82) is 0 Å². The number of nitrogens with zero attached hydrogens (tertiary/aromatic N) is 1. The van der Waals surface area contributed by atoms with E-state index in [1.807, 2.05) is 32.9 Å². The number of rotatable bonds is 3. The average Bonchev–Trinajstić information content (AvgIpc) is 2.81. The topological polar surface area (TPSA) is 54.5 Å². The maximum absolute atomic E-state index is 12.4. The minimum atomic E-state index is -0.287. The van der Waals surface area contributed by atoms with Gasteiger partial charge in [-0.2, -0.15) is 0 Å². The van der Waals surface area contributed by atoms with Crippen molar-refractivity contribution in [2.75, 3.05) is 13.2 Å². The number of carbonyl (C=O) groups excluding carboxylic acids is 1. The van der Waals surface area contributed by atoms with E-state index in [-0.39, 0.29) is 5.97 Å². The van der Waals surface area contributed by atoms with Crippen LogP contribution >= 0.6 is 0 Å². The van der Waals surface area contributed by atoms with Gasteiger partial charge in [-0.25, -0.2) is 4.79 Å². The van der Waals surface area contributed by atoms with E-state index in [2.05, 4.69) is 17.1 Å². The molecule has 1 aromatic carbocycles. The molecule has 1 aromatic heterocycles. The second-order valence-electron chi connectivity index (χ2n) is 5.48. The van der Waals surface area contributed by atoms with E-state index in [1.54, 1.807) is 0 Å². The van der Waals surface area contributed by atoms with Crippen LogP contribution in [-0.2, 0) is 11.2 Å². The first kappa shape index (κ1) is 14.6. The zero-order valence-corrected chi connectivity index (χ0v) is 13.2. The van der Waals surface area contributed by atoms with Crippen LogP contribution in [0.1, 0.15) is 45.4 Å². The molecule has 0 atom stereocenters. The molecule has 0 saturated heterocycles. The summed E-state index contributed by atoms with van der Waals surface area (Å²) in [5.74, 6) is -0.287. The molecule has 22 heavy (non-hydrogen) atoms. The molecular weight excluding hydrogens is 276 g/mol. The number of esters is 1. The van der Waals surface area contributed by atoms with Gasteiger partial charge in [0.15, 0.2) is 0 Å². The van der Waals surface area contributed by atoms with Gasteiger partial charge in [-0.1, -0.05) is 24.3 Å². The number of nitrogens with one attached hydrogen (secondary N) is 1. The zero-order chi connectivity index (χ0) is 15.7. The van der Waals surface area contributed by atoms with E-state index < -0.39 is 0 Å². The minimum Gasteiger partial charge on any atom is -0.462 e. The summed E-state index contributed by atoms with van der Waals surface area (Å²) in [5.41, 5.74) is 6.55. The summed E-state index contributed by atoms with van der Waals surface area (Å²) >= 11 is 0. The number of benzene rings is 1. The first-order valence-electron chi connectivity index (χ1n) is 7.62. The summed E-state index contributed by atoms with van der Waals surface area (Å²) in [7, 11) is 0. The van der Waals surface area contributed by atoms with Crippen LogP contribution in [0.2, 0.25) is 0 Å². The SMILES string of the molecule is CCOC(=O)c1c(C)[nH]c(C)c1C1=NCCc2ccccc21. The monoisotopic (exact) mass is 296 g/mol. The number of aromatic amines is 1. The van der Waals surface area contributed by atoms with E-state index in [9.17, 15) is 4.79 Å². The van der Waals surface area contributed by atoms with Crippen LogP contribution in [0.5, 0.6) is 0 Å². The molecule has 0 amide bonds. The van der Waals surface area contributed by atoms with Gasteiger partial charge in [-0.05, 0) is 32.8 Å². The molecule has 2 aromatic rings. The molecule has 0 saturated carbocycles. The third kappa shape index (κ3) is 2.34. The fraction of sp³-hybridized carbons (Fsp3) is 0.333. The maximum Gasteiger partial charge on any atom is 0.340 e. The Morgan fingerprint density at radius 2 is 2.05 bits per heavy atom. The Hall–Kier alpha value is -2.36. The van der Waals surface area contributed by atoms with Gasteiger partial charge in [-0.15, -0.1) is 0 Å². The maximum atomic E-state index is 12.4. The molecule has 0 bridgehead atoms. The Bertz CT molecular complexity index is 756. The fourth-order valence-electron chi connectivity index (χ4n) is 3.09. The number of aliphatic imine (C=N–C) groups is 1. The third-order valence-electron chi connectivity index (χ3n) is 4.01. The summed E-state index contributed by atoms with van der Waals surface area (Å²) in [6.07, 6.45) is 0.941. The standard InChI is InChI=1S/C18H20N2O2/c1-4-22-18(21)16-12(3)20-11(2)15(16)17-14-8-6-5-7-13(14)9-10-19-17/h5-8,20H,4,9-10H2,1-3H3. The molecule has 1 aliphatic rings. The van der Waals surface area contributed by atoms with Gasteiger partial charge >= 0.3 is 5.97 Å². The summed E-state index contributed by atoms with van der Waals surface area (Å²) in [5, 5.41) is 0. The number of carbonyl (C=O) groups is 1. The van der Waals surface area contributed by atoms with Crippen molar-refractivity contribution in [3.05, 3.63) is 57.9 Å². The van der Waals surface area contributed by atoms with E-state index >= 15 is 0 Å². The molecule has 0 fully saturated rings. The molecule has 0 unspecified atom stereocenters. The largest absolute Gasteiger partial charge is 0.462 e. The second kappa shape index (κ2) is 5.79. The summed E-state index contributed by atoms with van der Waals surface area (Å²) in [6.45, 7) is 6.81. The Morgan fingerprint density at radius 1 is 1.27 bits per heavy atom. The van der Waals surface area contributed by atoms with Gasteiger partial charge < -0.3 is 9.72 Å². The van der Waals surface area contributed by atoms with Crippen LogP contribution in [0, 0.1) is 13.8 Å².